The van der Waals surface area contributed by atoms with Crippen molar-refractivity contribution >= 4 is 11.3 Å². The lowest BCUT2D eigenvalue weighted by Crippen LogP contribution is -2.18. The number of nitrogens with one attached hydrogen (secondary N) is 1. The van der Waals surface area contributed by atoms with Gasteiger partial charge in [0.1, 0.15) is 16.6 Å². The fraction of sp³-hybridized carbons (Fsp3) is 0.429. The molecule has 0 aliphatic rings. The van der Waals surface area contributed by atoms with Gasteiger partial charge in [-0.15, -0.1) is 5.10 Å². The summed E-state index contributed by atoms with van der Waals surface area (Å²) < 4.78 is 18.7. The van der Waals surface area contributed by atoms with Gasteiger partial charge in [-0.05, 0) is 31.0 Å². The first-order valence-corrected chi connectivity index (χ1v) is 7.33. The van der Waals surface area contributed by atoms with Crippen molar-refractivity contribution in [2.24, 2.45) is 5.92 Å². The number of ether oxygens (including phenoxy) is 1. The Hall–Kier alpha value is -1.53. The summed E-state index contributed by atoms with van der Waals surface area (Å²) in [6, 6.07) is 4.44. The van der Waals surface area contributed by atoms with Crippen molar-refractivity contribution in [3.8, 4) is 10.9 Å². The smallest absolute Gasteiger partial charge is 0.299 e. The summed E-state index contributed by atoms with van der Waals surface area (Å²) in [7, 11) is 0. The summed E-state index contributed by atoms with van der Waals surface area (Å²) in [6.07, 6.45) is 0. The van der Waals surface area contributed by atoms with Crippen LogP contribution in [0, 0.1) is 18.7 Å². The molecule has 0 bridgehead atoms. The Morgan fingerprint density at radius 2 is 2.15 bits per heavy atom. The minimum absolute atomic E-state index is 0.325. The van der Waals surface area contributed by atoms with Crippen LogP contribution >= 0.6 is 11.3 Å². The standard InChI is InChI=1S/C14H18FN3OS/c1-9(2)7-16-8-13-17-18-14(20-13)19-12-6-11(15)5-4-10(12)3/h4-6,9,16H,7-8H2,1-3H3. The van der Waals surface area contributed by atoms with Crippen molar-refractivity contribution in [2.45, 2.75) is 27.3 Å². The van der Waals surface area contributed by atoms with E-state index in [0.717, 1.165) is 17.1 Å². The Kier molecular flexibility index (Phi) is 5.03. The molecule has 0 unspecified atom stereocenters. The minimum Gasteiger partial charge on any atom is -0.429 e. The van der Waals surface area contributed by atoms with Gasteiger partial charge in [-0.1, -0.05) is 36.3 Å². The number of hydrogen-bond donors (Lipinski definition) is 1. The molecule has 1 heterocycles. The lowest BCUT2D eigenvalue weighted by molar-refractivity contribution is 0.464. The molecule has 0 radical (unpaired) electrons. The van der Waals surface area contributed by atoms with Gasteiger partial charge >= 0.3 is 0 Å². The number of benzene rings is 1. The predicted octanol–water partition coefficient (Wildman–Crippen LogP) is 3.52. The molecule has 0 aliphatic heterocycles. The maximum atomic E-state index is 13.2. The normalized spacial score (nSPS) is 11.1. The summed E-state index contributed by atoms with van der Waals surface area (Å²) in [5.74, 6) is 0.741. The van der Waals surface area contributed by atoms with E-state index in [1.165, 1.54) is 23.5 Å². The Labute approximate surface area is 122 Å². The summed E-state index contributed by atoms with van der Waals surface area (Å²) in [5.41, 5.74) is 0.862. The molecule has 1 aromatic carbocycles. The second kappa shape index (κ2) is 6.76. The highest BCUT2D eigenvalue weighted by Crippen LogP contribution is 2.28. The van der Waals surface area contributed by atoms with Gasteiger partial charge in [0.15, 0.2) is 0 Å². The number of aromatic nitrogens is 2. The van der Waals surface area contributed by atoms with E-state index in [9.17, 15) is 4.39 Å². The van der Waals surface area contributed by atoms with Crippen molar-refractivity contribution in [3.05, 3.63) is 34.6 Å². The van der Waals surface area contributed by atoms with Gasteiger partial charge in [0.25, 0.3) is 5.19 Å². The number of aryl methyl sites for hydroxylation is 1. The third-order valence-electron chi connectivity index (χ3n) is 2.62. The van der Waals surface area contributed by atoms with Crippen LogP contribution in [-0.4, -0.2) is 16.7 Å². The molecule has 2 rings (SSSR count). The van der Waals surface area contributed by atoms with Gasteiger partial charge in [-0.2, -0.15) is 0 Å². The second-order valence-corrected chi connectivity index (χ2v) is 6.02. The molecular formula is C14H18FN3OS. The van der Waals surface area contributed by atoms with E-state index in [-0.39, 0.29) is 5.82 Å². The van der Waals surface area contributed by atoms with Crippen molar-refractivity contribution < 1.29 is 9.13 Å². The van der Waals surface area contributed by atoms with Crippen molar-refractivity contribution in [3.63, 3.8) is 0 Å². The van der Waals surface area contributed by atoms with Crippen molar-refractivity contribution in [2.75, 3.05) is 6.54 Å². The van der Waals surface area contributed by atoms with E-state index < -0.39 is 0 Å². The van der Waals surface area contributed by atoms with Gasteiger partial charge in [0.05, 0.1) is 0 Å². The molecule has 0 aliphatic carbocycles. The van der Waals surface area contributed by atoms with E-state index >= 15 is 0 Å². The summed E-state index contributed by atoms with van der Waals surface area (Å²) in [5, 5.41) is 12.6. The lowest BCUT2D eigenvalue weighted by Gasteiger charge is -2.05. The molecule has 0 spiro atoms. The van der Waals surface area contributed by atoms with Crippen LogP contribution in [0.25, 0.3) is 0 Å². The molecule has 0 atom stereocenters. The topological polar surface area (TPSA) is 47.0 Å². The Morgan fingerprint density at radius 3 is 2.90 bits per heavy atom. The first-order chi connectivity index (χ1) is 9.54. The fourth-order valence-corrected chi connectivity index (χ4v) is 2.27. The summed E-state index contributed by atoms with van der Waals surface area (Å²) >= 11 is 1.36. The quantitative estimate of drug-likeness (QED) is 0.885. The predicted molar refractivity (Wildman–Crippen MR) is 77.7 cm³/mol. The molecular weight excluding hydrogens is 277 g/mol. The van der Waals surface area contributed by atoms with Gasteiger partial charge < -0.3 is 10.1 Å². The highest BCUT2D eigenvalue weighted by Gasteiger charge is 2.09. The zero-order valence-electron chi connectivity index (χ0n) is 11.8. The SMILES string of the molecule is Cc1ccc(F)cc1Oc1nnc(CNCC(C)C)s1. The Morgan fingerprint density at radius 1 is 1.35 bits per heavy atom. The van der Waals surface area contributed by atoms with E-state index in [4.69, 9.17) is 4.74 Å². The monoisotopic (exact) mass is 295 g/mol. The van der Waals surface area contributed by atoms with Crippen LogP contribution < -0.4 is 10.1 Å². The largest absolute Gasteiger partial charge is 0.429 e. The van der Waals surface area contributed by atoms with Crippen molar-refractivity contribution in [1.29, 1.82) is 0 Å². The zero-order valence-corrected chi connectivity index (χ0v) is 12.6. The Bertz CT molecular complexity index is 571. The lowest BCUT2D eigenvalue weighted by atomic mass is 10.2. The first-order valence-electron chi connectivity index (χ1n) is 6.51. The van der Waals surface area contributed by atoms with Gasteiger partial charge in [0, 0.05) is 12.6 Å². The van der Waals surface area contributed by atoms with E-state index in [2.05, 4.69) is 29.4 Å². The molecule has 20 heavy (non-hydrogen) atoms. The van der Waals surface area contributed by atoms with Crippen LogP contribution in [0.1, 0.15) is 24.4 Å². The van der Waals surface area contributed by atoms with Crippen molar-refractivity contribution in [1.82, 2.24) is 15.5 Å². The average molecular weight is 295 g/mol. The number of rotatable bonds is 6. The first kappa shape index (κ1) is 14.9. The minimum atomic E-state index is -0.325. The molecule has 0 saturated carbocycles. The molecule has 4 nitrogen and oxygen atoms in total. The van der Waals surface area contributed by atoms with Crippen LogP contribution in [0.4, 0.5) is 4.39 Å². The van der Waals surface area contributed by atoms with Crippen LogP contribution in [0.5, 0.6) is 10.9 Å². The zero-order chi connectivity index (χ0) is 14.5. The molecule has 0 fully saturated rings. The molecule has 2 aromatic rings. The highest BCUT2D eigenvalue weighted by molar-refractivity contribution is 7.13. The molecule has 1 aromatic heterocycles. The van der Waals surface area contributed by atoms with Crippen LogP contribution in [0.3, 0.4) is 0 Å². The van der Waals surface area contributed by atoms with E-state index in [1.807, 2.05) is 6.92 Å². The van der Waals surface area contributed by atoms with Crippen LogP contribution in [0.15, 0.2) is 18.2 Å². The summed E-state index contributed by atoms with van der Waals surface area (Å²) in [4.78, 5) is 0. The number of nitrogens with zero attached hydrogens (tertiary/aromatic N) is 2. The maximum absolute atomic E-state index is 13.2. The second-order valence-electron chi connectivity index (χ2n) is 5.00. The molecule has 0 saturated heterocycles. The van der Waals surface area contributed by atoms with Gasteiger partial charge in [-0.3, -0.25) is 0 Å². The average Bonchev–Trinajstić information content (AvgIpc) is 2.81. The van der Waals surface area contributed by atoms with Gasteiger partial charge in [0.2, 0.25) is 0 Å². The third-order valence-corrected chi connectivity index (χ3v) is 3.43. The maximum Gasteiger partial charge on any atom is 0.299 e. The van der Waals surface area contributed by atoms with Crippen LogP contribution in [0.2, 0.25) is 0 Å². The van der Waals surface area contributed by atoms with E-state index in [1.54, 1.807) is 6.07 Å². The number of halogens is 1. The van der Waals surface area contributed by atoms with Crippen LogP contribution in [-0.2, 0) is 6.54 Å². The van der Waals surface area contributed by atoms with Gasteiger partial charge in [-0.25, -0.2) is 4.39 Å². The van der Waals surface area contributed by atoms with E-state index in [0.29, 0.717) is 23.4 Å². The fourth-order valence-electron chi connectivity index (χ4n) is 1.60. The number of hydrogen-bond acceptors (Lipinski definition) is 5. The summed E-state index contributed by atoms with van der Waals surface area (Å²) in [6.45, 7) is 7.75. The molecule has 1 N–H and O–H groups in total. The molecule has 108 valence electrons. The molecule has 0 amide bonds. The molecule has 6 heteroatoms. The Balaban J connectivity index is 1.97. The third kappa shape index (κ3) is 4.25. The highest BCUT2D eigenvalue weighted by atomic mass is 32.1.